The van der Waals surface area contributed by atoms with E-state index in [9.17, 15) is 14.7 Å². The molecule has 4 heteroatoms. The lowest BCUT2D eigenvalue weighted by Gasteiger charge is -2.30. The summed E-state index contributed by atoms with van der Waals surface area (Å²) in [6.45, 7) is 3.69. The highest BCUT2D eigenvalue weighted by atomic mass is 16.4. The lowest BCUT2D eigenvalue weighted by atomic mass is 9.87. The van der Waals surface area contributed by atoms with Gasteiger partial charge in [0.1, 0.15) is 0 Å². The predicted molar refractivity (Wildman–Crippen MR) is 89.1 cm³/mol. The Balaban J connectivity index is 2.27. The van der Waals surface area contributed by atoms with Crippen molar-refractivity contribution >= 4 is 11.9 Å². The summed E-state index contributed by atoms with van der Waals surface area (Å²) >= 11 is 0. The molecule has 0 fully saturated rings. The number of carbonyl (C=O) groups is 2. The highest BCUT2D eigenvalue weighted by Gasteiger charge is 2.40. The number of hydrogen-bond acceptors (Lipinski definition) is 2. The van der Waals surface area contributed by atoms with E-state index in [1.165, 1.54) is 0 Å². The van der Waals surface area contributed by atoms with Crippen LogP contribution >= 0.6 is 0 Å². The Hall–Kier alpha value is -2.62. The fourth-order valence-electron chi connectivity index (χ4n) is 2.68. The first-order chi connectivity index (χ1) is 11.0. The van der Waals surface area contributed by atoms with Gasteiger partial charge in [-0.05, 0) is 30.0 Å². The number of nitrogens with one attached hydrogen (secondary N) is 1. The van der Waals surface area contributed by atoms with E-state index in [2.05, 4.69) is 5.32 Å². The summed E-state index contributed by atoms with van der Waals surface area (Å²) in [6.07, 6.45) is 0.431. The number of carboxylic acid groups (broad SMARTS) is 1. The number of benzene rings is 2. The Morgan fingerprint density at radius 2 is 1.65 bits per heavy atom. The molecule has 0 saturated carbocycles. The standard InChI is InChI=1S/C19H21NO3/c1-3-19(18(22)23,16-11-5-4-6-12-16)20-17(21)13-15-10-8-7-9-14(15)2/h4-12H,3,13H2,1-2H3,(H,20,21)(H,22,23). The molecule has 2 rings (SSSR count). The lowest BCUT2D eigenvalue weighted by Crippen LogP contribution is -2.52. The second-order valence-corrected chi connectivity index (χ2v) is 5.58. The van der Waals surface area contributed by atoms with E-state index in [4.69, 9.17) is 0 Å². The maximum Gasteiger partial charge on any atom is 0.334 e. The molecule has 4 nitrogen and oxygen atoms in total. The largest absolute Gasteiger partial charge is 0.479 e. The van der Waals surface area contributed by atoms with Gasteiger partial charge in [0, 0.05) is 0 Å². The summed E-state index contributed by atoms with van der Waals surface area (Å²) in [5.41, 5.74) is 1.09. The second-order valence-electron chi connectivity index (χ2n) is 5.58. The molecule has 0 aliphatic heterocycles. The summed E-state index contributed by atoms with van der Waals surface area (Å²) in [4.78, 5) is 24.3. The van der Waals surface area contributed by atoms with Crippen molar-refractivity contribution in [3.05, 3.63) is 71.3 Å². The minimum Gasteiger partial charge on any atom is -0.479 e. The minimum atomic E-state index is -1.40. The Bertz CT molecular complexity index is 697. The van der Waals surface area contributed by atoms with Crippen LogP contribution in [0.5, 0.6) is 0 Å². The van der Waals surface area contributed by atoms with Crippen molar-refractivity contribution in [3.63, 3.8) is 0 Å². The molecule has 0 bridgehead atoms. The van der Waals surface area contributed by atoms with Crippen molar-refractivity contribution in [2.24, 2.45) is 0 Å². The number of amides is 1. The molecule has 23 heavy (non-hydrogen) atoms. The SMILES string of the molecule is CCC(NC(=O)Cc1ccccc1C)(C(=O)O)c1ccccc1. The van der Waals surface area contributed by atoms with Gasteiger partial charge in [-0.25, -0.2) is 4.79 Å². The normalized spacial score (nSPS) is 13.1. The van der Waals surface area contributed by atoms with E-state index in [1.807, 2.05) is 37.3 Å². The van der Waals surface area contributed by atoms with Gasteiger partial charge in [0.2, 0.25) is 5.91 Å². The zero-order valence-corrected chi connectivity index (χ0v) is 13.4. The van der Waals surface area contributed by atoms with Crippen LogP contribution in [-0.4, -0.2) is 17.0 Å². The van der Waals surface area contributed by atoms with E-state index in [0.717, 1.165) is 11.1 Å². The van der Waals surface area contributed by atoms with Gasteiger partial charge in [0.05, 0.1) is 6.42 Å². The van der Waals surface area contributed by atoms with Gasteiger partial charge in [-0.2, -0.15) is 0 Å². The van der Waals surface area contributed by atoms with Crippen LogP contribution in [-0.2, 0) is 21.5 Å². The fraction of sp³-hybridized carbons (Fsp3) is 0.263. The quantitative estimate of drug-likeness (QED) is 0.861. The average Bonchev–Trinajstić information content (AvgIpc) is 2.55. The number of carboxylic acids is 1. The van der Waals surface area contributed by atoms with Crippen molar-refractivity contribution in [1.82, 2.24) is 5.32 Å². The van der Waals surface area contributed by atoms with E-state index in [-0.39, 0.29) is 18.7 Å². The molecule has 0 spiro atoms. The van der Waals surface area contributed by atoms with Crippen LogP contribution in [0.4, 0.5) is 0 Å². The smallest absolute Gasteiger partial charge is 0.334 e. The van der Waals surface area contributed by atoms with Crippen molar-refractivity contribution in [2.45, 2.75) is 32.2 Å². The highest BCUT2D eigenvalue weighted by Crippen LogP contribution is 2.25. The third-order valence-electron chi connectivity index (χ3n) is 4.13. The Morgan fingerprint density at radius 3 is 2.22 bits per heavy atom. The summed E-state index contributed by atoms with van der Waals surface area (Å²) < 4.78 is 0. The molecule has 120 valence electrons. The summed E-state index contributed by atoms with van der Waals surface area (Å²) in [7, 11) is 0. The maximum absolute atomic E-state index is 12.4. The molecular weight excluding hydrogens is 290 g/mol. The molecule has 0 aliphatic carbocycles. The van der Waals surface area contributed by atoms with E-state index in [1.54, 1.807) is 31.2 Å². The Kier molecular flexibility index (Phi) is 5.16. The number of aliphatic carboxylic acids is 1. The minimum absolute atomic E-state index is 0.161. The van der Waals surface area contributed by atoms with Gasteiger partial charge < -0.3 is 10.4 Å². The molecule has 0 aliphatic rings. The van der Waals surface area contributed by atoms with Gasteiger partial charge in [-0.15, -0.1) is 0 Å². The van der Waals surface area contributed by atoms with Crippen LogP contribution in [0.15, 0.2) is 54.6 Å². The number of aryl methyl sites for hydroxylation is 1. The first-order valence-electron chi connectivity index (χ1n) is 7.64. The molecule has 1 atom stereocenters. The van der Waals surface area contributed by atoms with Crippen LogP contribution < -0.4 is 5.32 Å². The molecule has 1 amide bonds. The van der Waals surface area contributed by atoms with Crippen LogP contribution in [0.25, 0.3) is 0 Å². The molecule has 0 heterocycles. The molecule has 0 saturated heterocycles. The molecule has 0 aromatic heterocycles. The van der Waals surface area contributed by atoms with Crippen LogP contribution in [0.2, 0.25) is 0 Å². The Morgan fingerprint density at radius 1 is 1.04 bits per heavy atom. The van der Waals surface area contributed by atoms with Gasteiger partial charge in [-0.1, -0.05) is 61.5 Å². The van der Waals surface area contributed by atoms with Gasteiger partial charge in [-0.3, -0.25) is 4.79 Å². The zero-order valence-electron chi connectivity index (χ0n) is 13.4. The average molecular weight is 311 g/mol. The van der Waals surface area contributed by atoms with Crippen LogP contribution in [0, 0.1) is 6.92 Å². The Labute approximate surface area is 136 Å². The summed E-state index contributed by atoms with van der Waals surface area (Å²) in [5.74, 6) is -1.35. The predicted octanol–water partition coefficient (Wildman–Crippen LogP) is 3.04. The molecule has 0 radical (unpaired) electrons. The van der Waals surface area contributed by atoms with Crippen LogP contribution in [0.1, 0.15) is 30.0 Å². The monoisotopic (exact) mass is 311 g/mol. The van der Waals surface area contributed by atoms with E-state index in [0.29, 0.717) is 5.56 Å². The lowest BCUT2D eigenvalue weighted by molar-refractivity contribution is -0.148. The number of hydrogen-bond donors (Lipinski definition) is 2. The summed E-state index contributed by atoms with van der Waals surface area (Å²) in [6, 6.07) is 16.4. The van der Waals surface area contributed by atoms with Crippen molar-refractivity contribution in [1.29, 1.82) is 0 Å². The van der Waals surface area contributed by atoms with E-state index < -0.39 is 11.5 Å². The second kappa shape index (κ2) is 7.09. The first-order valence-corrected chi connectivity index (χ1v) is 7.64. The van der Waals surface area contributed by atoms with Crippen molar-refractivity contribution in [2.75, 3.05) is 0 Å². The third kappa shape index (κ3) is 3.59. The molecule has 1 unspecified atom stereocenters. The molecule has 2 aromatic rings. The third-order valence-corrected chi connectivity index (χ3v) is 4.13. The van der Waals surface area contributed by atoms with Gasteiger partial charge in [0.25, 0.3) is 0 Å². The zero-order chi connectivity index (χ0) is 16.9. The van der Waals surface area contributed by atoms with Gasteiger partial charge >= 0.3 is 5.97 Å². The van der Waals surface area contributed by atoms with Gasteiger partial charge in [0.15, 0.2) is 5.54 Å². The number of carbonyl (C=O) groups excluding carboxylic acids is 1. The fourth-order valence-corrected chi connectivity index (χ4v) is 2.68. The highest BCUT2D eigenvalue weighted by molar-refractivity contribution is 5.89. The molecule has 2 N–H and O–H groups in total. The topological polar surface area (TPSA) is 66.4 Å². The van der Waals surface area contributed by atoms with Crippen molar-refractivity contribution in [3.8, 4) is 0 Å². The molecule has 2 aromatic carbocycles. The maximum atomic E-state index is 12.4. The first kappa shape index (κ1) is 16.7. The van der Waals surface area contributed by atoms with E-state index >= 15 is 0 Å². The summed E-state index contributed by atoms with van der Waals surface area (Å²) in [5, 5.41) is 12.5. The molecular formula is C19H21NO3. The van der Waals surface area contributed by atoms with Crippen LogP contribution in [0.3, 0.4) is 0 Å². The number of rotatable bonds is 6. The van der Waals surface area contributed by atoms with Crippen molar-refractivity contribution < 1.29 is 14.7 Å².